The van der Waals surface area contributed by atoms with Crippen molar-refractivity contribution in [3.63, 3.8) is 0 Å². The Hall–Kier alpha value is -2.60. The maximum absolute atomic E-state index is 12.5. The topological polar surface area (TPSA) is 99.9 Å². The lowest BCUT2D eigenvalue weighted by Gasteiger charge is -2.20. The van der Waals surface area contributed by atoms with Crippen LogP contribution < -0.4 is 9.47 Å². The first-order chi connectivity index (χ1) is 15.3. The van der Waals surface area contributed by atoms with Gasteiger partial charge < -0.3 is 14.6 Å². The number of ether oxygens (including phenoxy) is 2. The van der Waals surface area contributed by atoms with Crippen molar-refractivity contribution in [1.29, 1.82) is 5.26 Å². The fourth-order valence-corrected chi connectivity index (χ4v) is 5.18. The highest BCUT2D eigenvalue weighted by Crippen LogP contribution is 2.27. The van der Waals surface area contributed by atoms with E-state index in [0.29, 0.717) is 36.8 Å². The first kappa shape index (κ1) is 24.1. The monoisotopic (exact) mass is 458 g/mol. The van der Waals surface area contributed by atoms with Gasteiger partial charge in [-0.2, -0.15) is 9.57 Å². The van der Waals surface area contributed by atoms with E-state index in [1.807, 2.05) is 38.1 Å². The summed E-state index contributed by atoms with van der Waals surface area (Å²) in [7, 11) is -3.38. The molecule has 0 aliphatic carbocycles. The fraction of sp³-hybridized carbons (Fsp3) is 0.458. The number of benzene rings is 2. The number of aryl methyl sites for hydroxylation is 1. The summed E-state index contributed by atoms with van der Waals surface area (Å²) in [5.74, 6) is 1.24. The molecule has 1 aliphatic rings. The van der Waals surface area contributed by atoms with Crippen LogP contribution in [0, 0.1) is 11.3 Å². The molecule has 0 unspecified atom stereocenters. The number of hydrogen-bond acceptors (Lipinski definition) is 6. The minimum absolute atomic E-state index is 0.00985. The Morgan fingerprint density at radius 3 is 2.72 bits per heavy atom. The molecule has 0 radical (unpaired) electrons. The van der Waals surface area contributed by atoms with Crippen LogP contribution in [0.3, 0.4) is 0 Å². The Balaban J connectivity index is 1.68. The number of hydrogen-bond donors (Lipinski definition) is 1. The Kier molecular flexibility index (Phi) is 8.13. The molecule has 7 nitrogen and oxygen atoms in total. The zero-order valence-corrected chi connectivity index (χ0v) is 19.4. The standard InChI is InChI=1S/C24H30N2O5S/c1-18(2)31-24-9-6-19(13-22(24)15-25)17-30-23-8-7-21-16-26(10-3-5-20(21)14-23)32(28,29)12-4-11-27/h6-9,13-14,18,27H,3-5,10-12,16-17H2,1-2H3. The van der Waals surface area contributed by atoms with Crippen LogP contribution in [0.2, 0.25) is 0 Å². The number of aliphatic hydroxyl groups is 1. The summed E-state index contributed by atoms with van der Waals surface area (Å²) in [5, 5.41) is 18.4. The average Bonchev–Trinajstić information content (AvgIpc) is 2.99. The van der Waals surface area contributed by atoms with Crippen molar-refractivity contribution in [3.05, 3.63) is 58.7 Å². The van der Waals surface area contributed by atoms with Gasteiger partial charge in [-0.3, -0.25) is 0 Å². The summed E-state index contributed by atoms with van der Waals surface area (Å²) in [6, 6.07) is 13.4. The molecule has 1 heterocycles. The summed E-state index contributed by atoms with van der Waals surface area (Å²) >= 11 is 0. The number of aliphatic hydroxyl groups excluding tert-OH is 1. The van der Waals surface area contributed by atoms with E-state index in [0.717, 1.165) is 29.5 Å². The van der Waals surface area contributed by atoms with E-state index in [-0.39, 0.29) is 24.9 Å². The van der Waals surface area contributed by atoms with Crippen molar-refractivity contribution in [2.24, 2.45) is 0 Å². The minimum atomic E-state index is -3.38. The van der Waals surface area contributed by atoms with E-state index >= 15 is 0 Å². The number of rotatable bonds is 9. The SMILES string of the molecule is CC(C)Oc1ccc(COc2ccc3c(c2)CCCN(S(=O)(=O)CCCO)C3)cc1C#N. The molecule has 2 aromatic rings. The molecule has 3 rings (SSSR count). The lowest BCUT2D eigenvalue weighted by atomic mass is 10.0. The highest BCUT2D eigenvalue weighted by Gasteiger charge is 2.25. The minimum Gasteiger partial charge on any atom is -0.490 e. The molecule has 0 saturated heterocycles. The summed E-state index contributed by atoms with van der Waals surface area (Å²) in [4.78, 5) is 0. The van der Waals surface area contributed by atoms with Gasteiger partial charge in [-0.05, 0) is 74.1 Å². The van der Waals surface area contributed by atoms with Gasteiger partial charge >= 0.3 is 0 Å². The number of nitriles is 1. The van der Waals surface area contributed by atoms with Crippen molar-refractivity contribution in [2.75, 3.05) is 18.9 Å². The second kappa shape index (κ2) is 10.8. The highest BCUT2D eigenvalue weighted by molar-refractivity contribution is 7.89. The molecule has 172 valence electrons. The molecule has 32 heavy (non-hydrogen) atoms. The summed E-state index contributed by atoms with van der Waals surface area (Å²) in [6.45, 7) is 4.83. The smallest absolute Gasteiger partial charge is 0.214 e. The van der Waals surface area contributed by atoms with Crippen molar-refractivity contribution in [3.8, 4) is 17.6 Å². The van der Waals surface area contributed by atoms with Crippen molar-refractivity contribution in [1.82, 2.24) is 4.31 Å². The maximum atomic E-state index is 12.5. The van der Waals surface area contributed by atoms with Gasteiger partial charge in [0, 0.05) is 19.7 Å². The maximum Gasteiger partial charge on any atom is 0.214 e. The Labute approximate surface area is 190 Å². The van der Waals surface area contributed by atoms with E-state index in [2.05, 4.69) is 6.07 Å². The fourth-order valence-electron chi connectivity index (χ4n) is 3.69. The molecule has 0 bridgehead atoms. The molecular weight excluding hydrogens is 428 g/mol. The quantitative estimate of drug-likeness (QED) is 0.618. The largest absolute Gasteiger partial charge is 0.490 e. The molecule has 2 aromatic carbocycles. The van der Waals surface area contributed by atoms with E-state index in [1.54, 1.807) is 12.1 Å². The van der Waals surface area contributed by atoms with Crippen molar-refractivity contribution < 1.29 is 23.0 Å². The van der Waals surface area contributed by atoms with E-state index in [9.17, 15) is 13.7 Å². The molecular formula is C24H30N2O5S. The van der Waals surface area contributed by atoms with E-state index in [4.69, 9.17) is 14.6 Å². The van der Waals surface area contributed by atoms with Gasteiger partial charge in [0.25, 0.3) is 0 Å². The summed E-state index contributed by atoms with van der Waals surface area (Å²) in [5.41, 5.74) is 3.41. The second-order valence-corrected chi connectivity index (χ2v) is 10.2. The van der Waals surface area contributed by atoms with Gasteiger partial charge in [-0.1, -0.05) is 12.1 Å². The van der Waals surface area contributed by atoms with Crippen LogP contribution in [0.15, 0.2) is 36.4 Å². The number of nitrogens with zero attached hydrogens (tertiary/aromatic N) is 2. The third-order valence-electron chi connectivity index (χ3n) is 5.26. The zero-order valence-electron chi connectivity index (χ0n) is 18.6. The summed E-state index contributed by atoms with van der Waals surface area (Å²) in [6.07, 6.45) is 1.75. The molecule has 1 N–H and O–H groups in total. The van der Waals surface area contributed by atoms with Crippen LogP contribution >= 0.6 is 0 Å². The van der Waals surface area contributed by atoms with Crippen LogP contribution in [0.4, 0.5) is 0 Å². The molecule has 0 amide bonds. The van der Waals surface area contributed by atoms with Gasteiger partial charge in [-0.25, -0.2) is 8.42 Å². The van der Waals surface area contributed by atoms with Crippen LogP contribution in [0.25, 0.3) is 0 Å². The lowest BCUT2D eigenvalue weighted by molar-refractivity contribution is 0.241. The molecule has 1 aliphatic heterocycles. The normalized spacial score (nSPS) is 14.5. The molecule has 8 heteroatoms. The van der Waals surface area contributed by atoms with E-state index < -0.39 is 10.0 Å². The van der Waals surface area contributed by atoms with Crippen LogP contribution in [0.5, 0.6) is 11.5 Å². The third kappa shape index (κ3) is 6.22. The molecule has 0 saturated carbocycles. The third-order valence-corrected chi connectivity index (χ3v) is 7.17. The predicted octanol–water partition coefficient (Wildman–Crippen LogP) is 3.38. The lowest BCUT2D eigenvalue weighted by Crippen LogP contribution is -2.33. The predicted molar refractivity (Wildman–Crippen MR) is 122 cm³/mol. The molecule has 0 aromatic heterocycles. The van der Waals surface area contributed by atoms with Crippen LogP contribution in [0.1, 0.15) is 48.9 Å². The number of sulfonamides is 1. The van der Waals surface area contributed by atoms with Crippen molar-refractivity contribution >= 4 is 10.0 Å². The Morgan fingerprint density at radius 2 is 2.00 bits per heavy atom. The number of fused-ring (bicyclic) bond motifs is 1. The molecule has 0 fully saturated rings. The van der Waals surface area contributed by atoms with E-state index in [1.165, 1.54) is 4.31 Å². The molecule has 0 spiro atoms. The molecule has 0 atom stereocenters. The Bertz CT molecular complexity index is 1080. The zero-order chi connectivity index (χ0) is 23.1. The van der Waals surface area contributed by atoms with Gasteiger partial charge in [0.1, 0.15) is 24.2 Å². The van der Waals surface area contributed by atoms with Gasteiger partial charge in [0.15, 0.2) is 0 Å². The van der Waals surface area contributed by atoms with Crippen LogP contribution in [-0.2, 0) is 29.6 Å². The average molecular weight is 459 g/mol. The highest BCUT2D eigenvalue weighted by atomic mass is 32.2. The van der Waals surface area contributed by atoms with Crippen LogP contribution in [-0.4, -0.2) is 42.8 Å². The van der Waals surface area contributed by atoms with Crippen molar-refractivity contribution in [2.45, 2.75) is 52.4 Å². The van der Waals surface area contributed by atoms with Gasteiger partial charge in [0.2, 0.25) is 10.0 Å². The first-order valence-corrected chi connectivity index (χ1v) is 12.5. The van der Waals surface area contributed by atoms with Gasteiger partial charge in [0.05, 0.1) is 17.4 Å². The summed E-state index contributed by atoms with van der Waals surface area (Å²) < 4.78 is 38.2. The second-order valence-electron chi connectivity index (χ2n) is 8.16. The first-order valence-electron chi connectivity index (χ1n) is 10.9. The Morgan fingerprint density at radius 1 is 1.19 bits per heavy atom. The van der Waals surface area contributed by atoms with Gasteiger partial charge in [-0.15, -0.1) is 0 Å².